The second kappa shape index (κ2) is 5.76. The number of hydrogen-bond acceptors (Lipinski definition) is 3. The number of benzene rings is 1. The van der Waals surface area contributed by atoms with Crippen molar-refractivity contribution in [2.24, 2.45) is 7.05 Å². The van der Waals surface area contributed by atoms with Gasteiger partial charge in [0.25, 0.3) is 0 Å². The summed E-state index contributed by atoms with van der Waals surface area (Å²) in [4.78, 5) is 3.86. The molecule has 114 valence electrons. The molecule has 9 heteroatoms. The summed E-state index contributed by atoms with van der Waals surface area (Å²) in [6.45, 7) is 0. The van der Waals surface area contributed by atoms with Crippen molar-refractivity contribution in [2.45, 2.75) is 12.5 Å². The molecule has 1 atom stereocenters. The second-order valence-electron chi connectivity index (χ2n) is 4.33. The van der Waals surface area contributed by atoms with E-state index in [2.05, 4.69) is 15.4 Å². The average molecular weight is 306 g/mol. The quantitative estimate of drug-likeness (QED) is 0.534. The van der Waals surface area contributed by atoms with Gasteiger partial charge in [0.15, 0.2) is 23.3 Å². The molecule has 1 heterocycles. The van der Waals surface area contributed by atoms with Gasteiger partial charge in [0, 0.05) is 25.1 Å². The van der Waals surface area contributed by atoms with E-state index in [9.17, 15) is 22.0 Å². The highest BCUT2D eigenvalue weighted by Crippen LogP contribution is 2.29. The normalized spacial score (nSPS) is 12.7. The topological polar surface area (TPSA) is 42.7 Å². The zero-order chi connectivity index (χ0) is 15.7. The molecule has 0 aliphatic rings. The van der Waals surface area contributed by atoms with Crippen LogP contribution in [0, 0.1) is 29.1 Å². The minimum Gasteiger partial charge on any atom is -0.312 e. The van der Waals surface area contributed by atoms with E-state index in [4.69, 9.17) is 0 Å². The van der Waals surface area contributed by atoms with E-state index >= 15 is 0 Å². The predicted molar refractivity (Wildman–Crippen MR) is 62.7 cm³/mol. The van der Waals surface area contributed by atoms with E-state index in [0.29, 0.717) is 5.82 Å². The molecule has 4 nitrogen and oxygen atoms in total. The van der Waals surface area contributed by atoms with Gasteiger partial charge in [0.1, 0.15) is 12.2 Å². The Morgan fingerprint density at radius 3 is 2.00 bits per heavy atom. The molecule has 0 fully saturated rings. The molecule has 1 aromatic heterocycles. The number of nitrogens with one attached hydrogen (secondary N) is 1. The average Bonchev–Trinajstić information content (AvgIpc) is 2.87. The van der Waals surface area contributed by atoms with Crippen LogP contribution in [0.25, 0.3) is 0 Å². The summed E-state index contributed by atoms with van der Waals surface area (Å²) in [5.41, 5.74) is -0.920. The van der Waals surface area contributed by atoms with Gasteiger partial charge in [-0.3, -0.25) is 4.68 Å². The fourth-order valence-corrected chi connectivity index (χ4v) is 1.96. The number of aryl methyl sites for hydroxylation is 1. The molecule has 0 amide bonds. The molecule has 2 aromatic rings. The maximum Gasteiger partial charge on any atom is 0.200 e. The fraction of sp³-hybridized carbons (Fsp3) is 0.333. The molecule has 0 saturated heterocycles. The second-order valence-corrected chi connectivity index (χ2v) is 4.33. The van der Waals surface area contributed by atoms with Crippen molar-refractivity contribution in [1.82, 2.24) is 20.1 Å². The van der Waals surface area contributed by atoms with Crippen LogP contribution in [0.4, 0.5) is 22.0 Å². The Morgan fingerprint density at radius 1 is 1.05 bits per heavy atom. The summed E-state index contributed by atoms with van der Waals surface area (Å²) in [6, 6.07) is -1.14. The Morgan fingerprint density at radius 2 is 1.57 bits per heavy atom. The standard InChI is InChI=1S/C12H11F5N4/c1-18-5(3-6-19-4-20-21(6)2)7-8(13)10(15)12(17)11(16)9(7)14/h4-5,18H,3H2,1-2H3. The van der Waals surface area contributed by atoms with E-state index in [0.717, 1.165) is 0 Å². The van der Waals surface area contributed by atoms with Crippen LogP contribution in [-0.4, -0.2) is 21.8 Å². The summed E-state index contributed by atoms with van der Waals surface area (Å²) in [5, 5.41) is 6.30. The van der Waals surface area contributed by atoms with Crippen LogP contribution in [0.5, 0.6) is 0 Å². The van der Waals surface area contributed by atoms with Crippen LogP contribution in [0.15, 0.2) is 6.33 Å². The van der Waals surface area contributed by atoms with E-state index < -0.39 is 40.7 Å². The van der Waals surface area contributed by atoms with E-state index in [-0.39, 0.29) is 6.42 Å². The number of nitrogens with zero attached hydrogens (tertiary/aromatic N) is 3. The number of likely N-dealkylation sites (N-methyl/N-ethyl adjacent to an activating group) is 1. The van der Waals surface area contributed by atoms with Crippen molar-refractivity contribution in [2.75, 3.05) is 7.05 Å². The molecular formula is C12H11F5N4. The van der Waals surface area contributed by atoms with Gasteiger partial charge in [-0.1, -0.05) is 0 Å². The summed E-state index contributed by atoms with van der Waals surface area (Å²) in [6.07, 6.45) is 1.13. The largest absolute Gasteiger partial charge is 0.312 e. The predicted octanol–water partition coefficient (Wildman–Crippen LogP) is 2.01. The van der Waals surface area contributed by atoms with Crippen LogP contribution in [0.3, 0.4) is 0 Å². The first-order valence-electron chi connectivity index (χ1n) is 5.89. The number of rotatable bonds is 4. The summed E-state index contributed by atoms with van der Waals surface area (Å²) < 4.78 is 68.4. The lowest BCUT2D eigenvalue weighted by Gasteiger charge is -2.18. The summed E-state index contributed by atoms with van der Waals surface area (Å²) >= 11 is 0. The molecule has 21 heavy (non-hydrogen) atoms. The lowest BCUT2D eigenvalue weighted by atomic mass is 10.0. The van der Waals surface area contributed by atoms with Crippen LogP contribution >= 0.6 is 0 Å². The minimum atomic E-state index is -2.18. The molecule has 2 rings (SSSR count). The van der Waals surface area contributed by atoms with Gasteiger partial charge in [-0.15, -0.1) is 0 Å². The third-order valence-electron chi connectivity index (χ3n) is 3.13. The highest BCUT2D eigenvalue weighted by atomic mass is 19.2. The first-order chi connectivity index (χ1) is 9.88. The maximum absolute atomic E-state index is 13.8. The van der Waals surface area contributed by atoms with Crippen molar-refractivity contribution < 1.29 is 22.0 Å². The smallest absolute Gasteiger partial charge is 0.200 e. The van der Waals surface area contributed by atoms with Gasteiger partial charge < -0.3 is 5.32 Å². The zero-order valence-electron chi connectivity index (χ0n) is 11.1. The van der Waals surface area contributed by atoms with E-state index in [1.54, 1.807) is 7.05 Å². The van der Waals surface area contributed by atoms with Crippen LogP contribution in [0.1, 0.15) is 17.4 Å². The first kappa shape index (κ1) is 15.4. The first-order valence-corrected chi connectivity index (χ1v) is 5.89. The Hall–Kier alpha value is -2.03. The molecule has 1 aromatic carbocycles. The molecule has 0 radical (unpaired) electrons. The van der Waals surface area contributed by atoms with Crippen LogP contribution in [0.2, 0.25) is 0 Å². The van der Waals surface area contributed by atoms with Gasteiger partial charge in [0.05, 0.1) is 0 Å². The third kappa shape index (κ3) is 2.60. The zero-order valence-corrected chi connectivity index (χ0v) is 11.1. The molecule has 1 N–H and O–H groups in total. The van der Waals surface area contributed by atoms with Gasteiger partial charge in [-0.25, -0.2) is 26.9 Å². The summed E-state index contributed by atoms with van der Waals surface area (Å²) in [5.74, 6) is -9.49. The molecular weight excluding hydrogens is 295 g/mol. The molecule has 1 unspecified atom stereocenters. The number of aromatic nitrogens is 3. The lowest BCUT2D eigenvalue weighted by molar-refractivity contribution is 0.357. The Balaban J connectivity index is 2.50. The van der Waals surface area contributed by atoms with Crippen molar-refractivity contribution in [1.29, 1.82) is 0 Å². The molecule has 0 saturated carbocycles. The maximum atomic E-state index is 13.8. The number of halogens is 5. The lowest BCUT2D eigenvalue weighted by Crippen LogP contribution is -2.24. The molecule has 0 aliphatic carbocycles. The summed E-state index contributed by atoms with van der Waals surface area (Å²) in [7, 11) is 2.90. The van der Waals surface area contributed by atoms with Gasteiger partial charge >= 0.3 is 0 Å². The molecule has 0 spiro atoms. The third-order valence-corrected chi connectivity index (χ3v) is 3.13. The highest BCUT2D eigenvalue weighted by molar-refractivity contribution is 5.27. The van der Waals surface area contributed by atoms with Crippen molar-refractivity contribution >= 4 is 0 Å². The monoisotopic (exact) mass is 306 g/mol. The Kier molecular flexibility index (Phi) is 4.21. The van der Waals surface area contributed by atoms with Crippen LogP contribution in [-0.2, 0) is 13.5 Å². The minimum absolute atomic E-state index is 0.0919. The SMILES string of the molecule is CNC(Cc1ncnn1C)c1c(F)c(F)c(F)c(F)c1F. The highest BCUT2D eigenvalue weighted by Gasteiger charge is 2.30. The van der Waals surface area contributed by atoms with Crippen molar-refractivity contribution in [3.63, 3.8) is 0 Å². The van der Waals surface area contributed by atoms with Crippen molar-refractivity contribution in [3.8, 4) is 0 Å². The molecule has 0 aliphatic heterocycles. The van der Waals surface area contributed by atoms with Crippen LogP contribution < -0.4 is 5.32 Å². The van der Waals surface area contributed by atoms with Gasteiger partial charge in [0.2, 0.25) is 5.82 Å². The van der Waals surface area contributed by atoms with E-state index in [1.165, 1.54) is 18.1 Å². The fourth-order valence-electron chi connectivity index (χ4n) is 1.96. The van der Waals surface area contributed by atoms with Gasteiger partial charge in [-0.2, -0.15) is 5.10 Å². The van der Waals surface area contributed by atoms with E-state index in [1.807, 2.05) is 0 Å². The molecule has 0 bridgehead atoms. The number of hydrogen-bond donors (Lipinski definition) is 1. The van der Waals surface area contributed by atoms with Gasteiger partial charge in [-0.05, 0) is 7.05 Å². The Labute approximate surface area is 116 Å². The van der Waals surface area contributed by atoms with Crippen molar-refractivity contribution in [3.05, 3.63) is 46.8 Å². The Bertz CT molecular complexity index is 641.